The zero-order chi connectivity index (χ0) is 17.8. The van der Waals surface area contributed by atoms with Crippen molar-refractivity contribution < 1.29 is 9.84 Å². The van der Waals surface area contributed by atoms with E-state index < -0.39 is 5.60 Å². The van der Waals surface area contributed by atoms with Crippen molar-refractivity contribution in [2.75, 3.05) is 0 Å². The summed E-state index contributed by atoms with van der Waals surface area (Å²) < 4.78 is 7.75. The monoisotopic (exact) mass is 336 g/mol. The molecule has 0 amide bonds. The van der Waals surface area contributed by atoms with Gasteiger partial charge in [0.05, 0.1) is 5.60 Å². The van der Waals surface area contributed by atoms with Crippen LogP contribution in [-0.4, -0.2) is 24.7 Å². The third kappa shape index (κ3) is 2.64. The third-order valence-corrected chi connectivity index (χ3v) is 4.39. The van der Waals surface area contributed by atoms with Gasteiger partial charge in [-0.05, 0) is 57.5 Å². The molecule has 0 saturated heterocycles. The highest BCUT2D eigenvalue weighted by Gasteiger charge is 2.24. The van der Waals surface area contributed by atoms with E-state index in [1.54, 1.807) is 18.4 Å². The molecule has 4 rings (SSSR count). The van der Waals surface area contributed by atoms with Crippen LogP contribution in [0.4, 0.5) is 0 Å². The Labute approximate surface area is 145 Å². The van der Waals surface area contributed by atoms with Crippen molar-refractivity contribution in [2.24, 2.45) is 0 Å². The van der Waals surface area contributed by atoms with Crippen molar-refractivity contribution in [3.05, 3.63) is 53.6 Å². The Kier molecular flexibility index (Phi) is 3.33. The summed E-state index contributed by atoms with van der Waals surface area (Å²) in [5, 5.41) is 15.7. The quantitative estimate of drug-likeness (QED) is 0.596. The molecule has 0 atom stereocenters. The summed E-state index contributed by atoms with van der Waals surface area (Å²) in [5.74, 6) is 1.17. The molecule has 2 N–H and O–H groups in total. The Morgan fingerprint density at radius 2 is 2.00 bits per heavy atom. The standard InChI is InChI=1S/C19H20N4O2/c1-11-7-13-8-14(5-6-16(13)22-11)25-18-17-12(2)15(19(3,4)24)9-23(17)21-10-20-18/h5-10,22,24H,1-4H3. The molecule has 0 aliphatic heterocycles. The normalized spacial score (nSPS) is 12.2. The lowest BCUT2D eigenvalue weighted by molar-refractivity contribution is 0.0780. The van der Waals surface area contributed by atoms with Crippen molar-refractivity contribution in [1.29, 1.82) is 0 Å². The van der Waals surface area contributed by atoms with E-state index in [0.717, 1.165) is 33.2 Å². The van der Waals surface area contributed by atoms with Crippen LogP contribution in [0, 0.1) is 13.8 Å². The smallest absolute Gasteiger partial charge is 0.247 e. The highest BCUT2D eigenvalue weighted by molar-refractivity contribution is 5.82. The van der Waals surface area contributed by atoms with Gasteiger partial charge in [-0.15, -0.1) is 0 Å². The Hall–Kier alpha value is -2.86. The molecule has 0 fully saturated rings. The van der Waals surface area contributed by atoms with Crippen molar-refractivity contribution in [1.82, 2.24) is 19.6 Å². The van der Waals surface area contributed by atoms with Gasteiger partial charge in [0, 0.05) is 28.4 Å². The van der Waals surface area contributed by atoms with Crippen LogP contribution in [0.1, 0.15) is 30.7 Å². The fraction of sp³-hybridized carbons (Fsp3) is 0.263. The molecule has 0 unspecified atom stereocenters. The van der Waals surface area contributed by atoms with E-state index >= 15 is 0 Å². The van der Waals surface area contributed by atoms with E-state index in [0.29, 0.717) is 11.6 Å². The van der Waals surface area contributed by atoms with Crippen LogP contribution in [-0.2, 0) is 5.60 Å². The summed E-state index contributed by atoms with van der Waals surface area (Å²) >= 11 is 0. The van der Waals surface area contributed by atoms with Crippen molar-refractivity contribution in [3.63, 3.8) is 0 Å². The minimum atomic E-state index is -0.962. The number of rotatable bonds is 3. The van der Waals surface area contributed by atoms with Gasteiger partial charge in [-0.25, -0.2) is 4.52 Å². The number of aliphatic hydroxyl groups is 1. The maximum Gasteiger partial charge on any atom is 0.247 e. The highest BCUT2D eigenvalue weighted by Crippen LogP contribution is 2.33. The lowest BCUT2D eigenvalue weighted by Crippen LogP contribution is -2.15. The summed E-state index contributed by atoms with van der Waals surface area (Å²) in [5.41, 5.74) is 3.67. The Morgan fingerprint density at radius 1 is 1.20 bits per heavy atom. The van der Waals surface area contributed by atoms with Crippen LogP contribution in [0.3, 0.4) is 0 Å². The molecule has 3 heterocycles. The van der Waals surface area contributed by atoms with Crippen molar-refractivity contribution in [2.45, 2.75) is 33.3 Å². The Bertz CT molecular complexity index is 1090. The first kappa shape index (κ1) is 15.7. The summed E-state index contributed by atoms with van der Waals surface area (Å²) in [6.45, 7) is 7.48. The number of hydrogen-bond donors (Lipinski definition) is 2. The van der Waals surface area contributed by atoms with Crippen molar-refractivity contribution in [3.8, 4) is 11.6 Å². The minimum Gasteiger partial charge on any atom is -0.437 e. The van der Waals surface area contributed by atoms with Crippen LogP contribution in [0.25, 0.3) is 16.4 Å². The van der Waals surface area contributed by atoms with E-state index in [-0.39, 0.29) is 0 Å². The zero-order valence-corrected chi connectivity index (χ0v) is 14.7. The highest BCUT2D eigenvalue weighted by atomic mass is 16.5. The maximum absolute atomic E-state index is 10.4. The van der Waals surface area contributed by atoms with Gasteiger partial charge in [-0.3, -0.25) is 0 Å². The van der Waals surface area contributed by atoms with Crippen LogP contribution in [0.5, 0.6) is 11.6 Å². The third-order valence-electron chi connectivity index (χ3n) is 4.39. The molecule has 3 aromatic heterocycles. The fourth-order valence-corrected chi connectivity index (χ4v) is 3.25. The zero-order valence-electron chi connectivity index (χ0n) is 14.7. The lowest BCUT2D eigenvalue weighted by atomic mass is 9.98. The van der Waals surface area contributed by atoms with Gasteiger partial charge in [0.15, 0.2) is 0 Å². The van der Waals surface area contributed by atoms with Crippen LogP contribution in [0.2, 0.25) is 0 Å². The predicted octanol–water partition coefficient (Wildman–Crippen LogP) is 3.85. The number of fused-ring (bicyclic) bond motifs is 2. The Morgan fingerprint density at radius 3 is 2.76 bits per heavy atom. The van der Waals surface area contributed by atoms with Gasteiger partial charge < -0.3 is 14.8 Å². The molecular formula is C19H20N4O2. The number of ether oxygens (including phenoxy) is 1. The number of hydrogen-bond acceptors (Lipinski definition) is 4. The lowest BCUT2D eigenvalue weighted by Gasteiger charge is -2.16. The molecule has 4 aromatic rings. The van der Waals surface area contributed by atoms with E-state index in [2.05, 4.69) is 21.1 Å². The topological polar surface area (TPSA) is 75.4 Å². The average Bonchev–Trinajstić information content (AvgIpc) is 3.07. The summed E-state index contributed by atoms with van der Waals surface area (Å²) in [4.78, 5) is 7.60. The molecule has 0 spiro atoms. The molecule has 128 valence electrons. The van der Waals surface area contributed by atoms with Crippen LogP contribution in [0.15, 0.2) is 36.8 Å². The van der Waals surface area contributed by atoms with Crippen molar-refractivity contribution >= 4 is 16.4 Å². The predicted molar refractivity (Wildman–Crippen MR) is 96.1 cm³/mol. The van der Waals surface area contributed by atoms with Gasteiger partial charge in [-0.2, -0.15) is 10.1 Å². The second-order valence-electron chi connectivity index (χ2n) is 6.89. The first-order valence-electron chi connectivity index (χ1n) is 8.16. The molecule has 6 heteroatoms. The van der Waals surface area contributed by atoms with E-state index in [1.165, 1.54) is 6.33 Å². The molecule has 0 aliphatic rings. The fourth-order valence-electron chi connectivity index (χ4n) is 3.25. The molecule has 0 radical (unpaired) electrons. The largest absolute Gasteiger partial charge is 0.437 e. The second-order valence-corrected chi connectivity index (χ2v) is 6.89. The molecule has 0 aliphatic carbocycles. The average molecular weight is 336 g/mol. The number of benzene rings is 1. The minimum absolute atomic E-state index is 0.467. The van der Waals surface area contributed by atoms with E-state index in [1.807, 2.05) is 38.2 Å². The summed E-state index contributed by atoms with van der Waals surface area (Å²) in [6, 6.07) is 7.95. The van der Waals surface area contributed by atoms with Gasteiger partial charge in [0.25, 0.3) is 0 Å². The van der Waals surface area contributed by atoms with E-state index in [4.69, 9.17) is 4.74 Å². The molecular weight excluding hydrogens is 316 g/mol. The first-order chi connectivity index (χ1) is 11.8. The first-order valence-corrected chi connectivity index (χ1v) is 8.16. The van der Waals surface area contributed by atoms with Gasteiger partial charge in [0.1, 0.15) is 17.6 Å². The number of H-pyrrole nitrogens is 1. The number of aromatic nitrogens is 4. The molecule has 6 nitrogen and oxygen atoms in total. The number of nitrogens with one attached hydrogen (secondary N) is 1. The summed E-state index contributed by atoms with van der Waals surface area (Å²) in [7, 11) is 0. The Balaban J connectivity index is 1.81. The number of aromatic amines is 1. The molecule has 0 bridgehead atoms. The SMILES string of the molecule is Cc1cc2cc(Oc3ncnn4cc(C(C)(C)O)c(C)c34)ccc2[nH]1. The van der Waals surface area contributed by atoms with E-state index in [9.17, 15) is 5.11 Å². The number of nitrogens with zero attached hydrogens (tertiary/aromatic N) is 3. The van der Waals surface area contributed by atoms with Crippen LogP contribution < -0.4 is 4.74 Å². The second kappa shape index (κ2) is 5.32. The van der Waals surface area contributed by atoms with Gasteiger partial charge in [0.2, 0.25) is 5.88 Å². The summed E-state index contributed by atoms with van der Waals surface area (Å²) in [6.07, 6.45) is 3.27. The molecule has 1 aromatic carbocycles. The van der Waals surface area contributed by atoms with Crippen LogP contribution >= 0.6 is 0 Å². The van der Waals surface area contributed by atoms with Gasteiger partial charge in [-0.1, -0.05) is 0 Å². The number of aryl methyl sites for hydroxylation is 2. The maximum atomic E-state index is 10.4. The molecule has 0 saturated carbocycles. The molecule has 25 heavy (non-hydrogen) atoms. The van der Waals surface area contributed by atoms with Gasteiger partial charge >= 0.3 is 0 Å².